The van der Waals surface area contributed by atoms with E-state index in [1.807, 2.05) is 85.7 Å². The summed E-state index contributed by atoms with van der Waals surface area (Å²) >= 11 is 1.45. The summed E-state index contributed by atoms with van der Waals surface area (Å²) in [5, 5.41) is 5.47. The zero-order valence-corrected chi connectivity index (χ0v) is 24.0. The van der Waals surface area contributed by atoms with Crippen LogP contribution in [0.3, 0.4) is 0 Å². The van der Waals surface area contributed by atoms with E-state index in [0.29, 0.717) is 17.0 Å². The Balaban J connectivity index is 1.83. The quantitative estimate of drug-likeness (QED) is 0.305. The molecule has 0 fully saturated rings. The van der Waals surface area contributed by atoms with Crippen LogP contribution in [-0.2, 0) is 0 Å². The fourth-order valence-corrected chi connectivity index (χ4v) is 5.83. The maximum absolute atomic E-state index is 13.3. The lowest BCUT2D eigenvalue weighted by atomic mass is 9.94. The van der Waals surface area contributed by atoms with Crippen LogP contribution < -0.4 is 10.7 Å². The molecule has 2 heterocycles. The van der Waals surface area contributed by atoms with Crippen molar-refractivity contribution < 1.29 is 14.4 Å². The van der Waals surface area contributed by atoms with Crippen LogP contribution in [0.25, 0.3) is 6.08 Å². The van der Waals surface area contributed by atoms with Gasteiger partial charge in [-0.2, -0.15) is 5.41 Å². The number of rotatable bonds is 6. The summed E-state index contributed by atoms with van der Waals surface area (Å²) in [7, 11) is 0. The lowest BCUT2D eigenvalue weighted by Gasteiger charge is -2.18. The van der Waals surface area contributed by atoms with Crippen LogP contribution in [-0.4, -0.2) is 23.1 Å². The number of carbonyl (C=O) groups is 1. The van der Waals surface area contributed by atoms with Gasteiger partial charge in [-0.3, -0.25) is 9.78 Å². The number of hydrogen-bond acceptors (Lipinski definition) is 4. The average Bonchev–Trinajstić information content (AvgIpc) is 3.17. The van der Waals surface area contributed by atoms with Crippen molar-refractivity contribution in [1.29, 1.82) is 0 Å². The van der Waals surface area contributed by atoms with Crippen molar-refractivity contribution in [2.24, 2.45) is 5.10 Å². The molecular formula is C31H37N4OS+. The number of quaternary nitrogens is 1. The van der Waals surface area contributed by atoms with E-state index in [1.165, 1.54) is 11.8 Å². The summed E-state index contributed by atoms with van der Waals surface area (Å²) in [6, 6.07) is 7.86. The molecule has 3 aromatic rings. The molecule has 0 unspecified atom stereocenters. The van der Waals surface area contributed by atoms with Gasteiger partial charge in [0.15, 0.2) is 7.10 Å². The molecule has 0 spiro atoms. The minimum atomic E-state index is -1.11. The number of nitrogens with zero attached hydrogens (tertiary/aromatic N) is 2. The molecule has 4 rings (SSSR count). The summed E-state index contributed by atoms with van der Waals surface area (Å²) in [4.78, 5) is 19.5. The van der Waals surface area contributed by atoms with Crippen molar-refractivity contribution in [3.05, 3.63) is 85.7 Å². The standard InChI is InChI=1S/C31H36N4OS/c1-10-32-31(36)29-21(7)19(5)17(3)14-27(29)37-26-15-25-28(22(8)20(26)6)30(35-34-25)18(4)13-24-12-11-16(2)23(9)33-24/h11-15H,10H2,1-9H3,(H,32,36)(H,34,35)/p+1/b18-13+/i/hD3. The van der Waals surface area contributed by atoms with Crippen LogP contribution in [0.2, 0.25) is 4.24 Å². The van der Waals surface area contributed by atoms with E-state index < -0.39 is 5.41 Å². The molecule has 1 aromatic heterocycles. The summed E-state index contributed by atoms with van der Waals surface area (Å²) in [5.41, 5.74) is 9.93. The first-order valence-electron chi connectivity index (χ1n) is 13.9. The fraction of sp³-hybridized carbons (Fsp3) is 0.323. The lowest BCUT2D eigenvalue weighted by molar-refractivity contribution is -0.573. The number of aromatic nitrogens is 1. The average molecular weight is 517 g/mol. The van der Waals surface area contributed by atoms with Crippen molar-refractivity contribution in [2.75, 3.05) is 6.54 Å². The number of carbonyl (C=O) groups excluding carboxylic acids is 1. The normalized spacial score (nSPS) is 15.5. The number of fused-ring (bicyclic) bond motifs is 1. The number of amides is 1. The Morgan fingerprint density at radius 1 is 1.03 bits per heavy atom. The van der Waals surface area contributed by atoms with E-state index in [1.54, 1.807) is 6.92 Å². The minimum Gasteiger partial charge on any atom is -0.352 e. The van der Waals surface area contributed by atoms with Crippen LogP contribution in [0.5, 0.6) is 0 Å². The molecule has 1 aliphatic heterocycles. The number of aryl methyl sites for hydroxylation is 3. The maximum atomic E-state index is 13.3. The third kappa shape index (κ3) is 5.13. The van der Waals surface area contributed by atoms with Gasteiger partial charge < -0.3 is 5.31 Å². The lowest BCUT2D eigenvalue weighted by Crippen LogP contribution is -2.69. The minimum absolute atomic E-state index is 0.286. The van der Waals surface area contributed by atoms with Gasteiger partial charge in [0, 0.05) is 28.1 Å². The molecule has 0 aliphatic carbocycles. The zero-order chi connectivity index (χ0) is 29.7. The van der Waals surface area contributed by atoms with Crippen molar-refractivity contribution in [3.63, 3.8) is 0 Å². The third-order valence-corrected chi connectivity index (χ3v) is 8.48. The number of benzene rings is 2. The van der Waals surface area contributed by atoms with E-state index in [4.69, 9.17) is 4.24 Å². The Labute approximate surface area is 229 Å². The smallest absolute Gasteiger partial charge is 0.352 e. The van der Waals surface area contributed by atoms with Crippen molar-refractivity contribution in [1.82, 2.24) is 10.3 Å². The van der Waals surface area contributed by atoms with Crippen LogP contribution >= 0.6 is 11.8 Å². The van der Waals surface area contributed by atoms with Crippen molar-refractivity contribution in [3.8, 4) is 0 Å². The van der Waals surface area contributed by atoms with Crippen molar-refractivity contribution >= 4 is 35.1 Å². The molecule has 0 saturated heterocycles. The third-order valence-electron chi connectivity index (χ3n) is 7.29. The molecule has 1 aliphatic rings. The Hall–Kier alpha value is -3.22. The number of pyridine rings is 1. The first-order chi connectivity index (χ1) is 18.7. The molecule has 192 valence electrons. The maximum Gasteiger partial charge on any atom is 0.384 e. The largest absolute Gasteiger partial charge is 0.384 e. The van der Waals surface area contributed by atoms with Crippen LogP contribution in [0.1, 0.15) is 74.5 Å². The molecule has 0 saturated carbocycles. The van der Waals surface area contributed by atoms with Crippen LogP contribution in [0, 0.1) is 48.5 Å². The van der Waals surface area contributed by atoms with Gasteiger partial charge in [-0.05, 0) is 119 Å². The number of allylic oxidation sites excluding steroid dienone is 1. The highest BCUT2D eigenvalue weighted by atomic mass is 32.2. The van der Waals surface area contributed by atoms with Gasteiger partial charge >= 0.3 is 2.82 Å². The fourth-order valence-electron chi connectivity index (χ4n) is 4.54. The molecule has 0 radical (unpaired) electrons. The highest BCUT2D eigenvalue weighted by molar-refractivity contribution is 7.99. The molecule has 1 amide bonds. The molecule has 0 atom stereocenters. The molecule has 3 N–H and O–H groups in total. The highest BCUT2D eigenvalue weighted by Gasteiger charge is 2.28. The Morgan fingerprint density at radius 2 is 1.76 bits per heavy atom. The second kappa shape index (κ2) is 10.6. The summed E-state index contributed by atoms with van der Waals surface area (Å²) in [6.45, 7) is 18.0. The van der Waals surface area contributed by atoms with Gasteiger partial charge in [0.25, 0.3) is 5.91 Å². The molecular weight excluding hydrogens is 476 g/mol. The van der Waals surface area contributed by atoms with Crippen molar-refractivity contribution in [2.45, 2.75) is 72.1 Å². The topological polar surface area (TPSA) is 71.0 Å². The van der Waals surface area contributed by atoms with E-state index in [-0.39, 0.29) is 12.5 Å². The second-order valence-electron chi connectivity index (χ2n) is 9.73. The van der Waals surface area contributed by atoms with Gasteiger partial charge in [-0.1, -0.05) is 22.9 Å². The van der Waals surface area contributed by atoms with E-state index in [0.717, 1.165) is 71.0 Å². The number of hydrogen-bond donors (Lipinski definition) is 2. The van der Waals surface area contributed by atoms with Gasteiger partial charge in [0.1, 0.15) is 5.71 Å². The first-order valence-corrected chi connectivity index (χ1v) is 13.4. The van der Waals surface area contributed by atoms with E-state index >= 15 is 0 Å². The van der Waals surface area contributed by atoms with Gasteiger partial charge in [0.05, 0.1) is 16.8 Å². The first kappa shape index (κ1) is 22.9. The Bertz CT molecular complexity index is 1610. The van der Waals surface area contributed by atoms with Gasteiger partial charge in [0.2, 0.25) is 0 Å². The Kier molecular flexibility index (Phi) is 6.60. The summed E-state index contributed by atoms with van der Waals surface area (Å²) in [5.74, 6) is -0.335. The highest BCUT2D eigenvalue weighted by Crippen LogP contribution is 2.40. The SMILES string of the molecule is [2H]N(CC)C(=O)c1c(Sc2cc3c(c(C)c2C)C(/C(C)=C/c2ccc(C)c(C)n2)=N[N+]3([2H])[2H])cc(C)c(C)c1C. The summed E-state index contributed by atoms with van der Waals surface area (Å²) < 4.78 is 25.6. The predicted molar refractivity (Wildman–Crippen MR) is 154 cm³/mol. The van der Waals surface area contributed by atoms with Crippen LogP contribution in [0.4, 0.5) is 5.69 Å². The van der Waals surface area contributed by atoms with E-state index in [2.05, 4.69) is 10.1 Å². The number of nitrogens with one attached hydrogen (secondary N) is 1. The van der Waals surface area contributed by atoms with Gasteiger partial charge in [-0.25, -0.2) is 0 Å². The molecule has 6 heteroatoms. The molecule has 0 bridgehead atoms. The molecule has 2 aromatic carbocycles. The molecule has 37 heavy (non-hydrogen) atoms. The van der Waals surface area contributed by atoms with Crippen LogP contribution in [0.15, 0.2) is 44.7 Å². The van der Waals surface area contributed by atoms with E-state index in [9.17, 15) is 4.79 Å². The Morgan fingerprint density at radius 3 is 2.43 bits per heavy atom. The van der Waals surface area contributed by atoms with Gasteiger partial charge in [-0.15, -0.1) is 0 Å². The zero-order valence-electron chi connectivity index (χ0n) is 26.2. The summed E-state index contributed by atoms with van der Waals surface area (Å²) in [6.07, 6.45) is 1.95. The predicted octanol–water partition coefficient (Wildman–Crippen LogP) is 6.16. The number of nitrogens with two attached hydrogens (primary N) is 1. The second-order valence-corrected chi connectivity index (χ2v) is 10.8. The molecule has 5 nitrogen and oxygen atoms in total. The monoisotopic (exact) mass is 516 g/mol.